The van der Waals surface area contributed by atoms with Crippen molar-refractivity contribution in [1.29, 1.82) is 0 Å². The van der Waals surface area contributed by atoms with E-state index in [-0.39, 0.29) is 0 Å². The summed E-state index contributed by atoms with van der Waals surface area (Å²) in [6.07, 6.45) is 3.81. The highest BCUT2D eigenvalue weighted by atomic mass is 32.1. The van der Waals surface area contributed by atoms with Gasteiger partial charge in [-0.2, -0.15) is 5.10 Å². The van der Waals surface area contributed by atoms with E-state index in [0.29, 0.717) is 0 Å². The van der Waals surface area contributed by atoms with Gasteiger partial charge < -0.3 is 0 Å². The Balaban J connectivity index is 2.23. The summed E-state index contributed by atoms with van der Waals surface area (Å²) >= 11 is 1.85. The maximum atomic E-state index is 4.18. The third-order valence-corrected chi connectivity index (χ3v) is 3.04. The molecule has 2 heterocycles. The molecule has 0 aliphatic heterocycles. The van der Waals surface area contributed by atoms with Crippen molar-refractivity contribution in [3.63, 3.8) is 0 Å². The lowest BCUT2D eigenvalue weighted by molar-refractivity contribution is 0.686. The van der Waals surface area contributed by atoms with Gasteiger partial charge in [0.05, 0.1) is 6.54 Å². The molecule has 0 amide bonds. The topological polar surface area (TPSA) is 17.8 Å². The Kier molecular flexibility index (Phi) is 2.19. The zero-order valence-corrected chi connectivity index (χ0v) is 8.64. The van der Waals surface area contributed by atoms with Gasteiger partial charge in [0, 0.05) is 22.1 Å². The third-order valence-electron chi connectivity index (χ3n) is 2.04. The SMILES string of the molecule is Cc1cc(Cn2cccn2)c(C)s1. The van der Waals surface area contributed by atoms with Gasteiger partial charge in [-0.25, -0.2) is 0 Å². The third kappa shape index (κ3) is 1.80. The van der Waals surface area contributed by atoms with Crippen LogP contribution in [-0.4, -0.2) is 9.78 Å². The summed E-state index contributed by atoms with van der Waals surface area (Å²) in [6.45, 7) is 5.20. The van der Waals surface area contributed by atoms with Crippen LogP contribution in [0.3, 0.4) is 0 Å². The Bertz CT molecular complexity index is 387. The molecule has 0 saturated carbocycles. The normalized spacial score (nSPS) is 10.6. The molecule has 0 aromatic carbocycles. The minimum atomic E-state index is 0.892. The first kappa shape index (κ1) is 8.51. The molecule has 0 fully saturated rings. The van der Waals surface area contributed by atoms with Crippen molar-refractivity contribution in [2.75, 3.05) is 0 Å². The van der Waals surface area contributed by atoms with Crippen LogP contribution < -0.4 is 0 Å². The minimum absolute atomic E-state index is 0.892. The predicted octanol–water partition coefficient (Wildman–Crippen LogP) is 2.61. The van der Waals surface area contributed by atoms with Gasteiger partial charge in [0.2, 0.25) is 0 Å². The lowest BCUT2D eigenvalue weighted by Gasteiger charge is -1.99. The van der Waals surface area contributed by atoms with E-state index in [2.05, 4.69) is 25.0 Å². The molecule has 0 N–H and O–H groups in total. The summed E-state index contributed by atoms with van der Waals surface area (Å²) in [7, 11) is 0. The number of aryl methyl sites for hydroxylation is 2. The van der Waals surface area contributed by atoms with Crippen LogP contribution in [0.5, 0.6) is 0 Å². The van der Waals surface area contributed by atoms with Gasteiger partial charge in [-0.3, -0.25) is 4.68 Å². The molecule has 68 valence electrons. The molecule has 2 rings (SSSR count). The van der Waals surface area contributed by atoms with Crippen LogP contribution in [0.2, 0.25) is 0 Å². The van der Waals surface area contributed by atoms with Crippen LogP contribution in [0.1, 0.15) is 15.3 Å². The van der Waals surface area contributed by atoms with E-state index in [0.717, 1.165) is 6.54 Å². The fourth-order valence-electron chi connectivity index (χ4n) is 1.41. The highest BCUT2D eigenvalue weighted by Gasteiger charge is 2.02. The number of rotatable bonds is 2. The number of hydrogen-bond donors (Lipinski definition) is 0. The van der Waals surface area contributed by atoms with Crippen LogP contribution in [0.25, 0.3) is 0 Å². The van der Waals surface area contributed by atoms with E-state index in [9.17, 15) is 0 Å². The van der Waals surface area contributed by atoms with Gasteiger partial charge in [0.1, 0.15) is 0 Å². The first-order valence-electron chi connectivity index (χ1n) is 4.29. The first-order valence-corrected chi connectivity index (χ1v) is 5.10. The van der Waals surface area contributed by atoms with Crippen LogP contribution in [0, 0.1) is 13.8 Å². The molecule has 0 spiro atoms. The van der Waals surface area contributed by atoms with Crippen molar-refractivity contribution in [2.24, 2.45) is 0 Å². The predicted molar refractivity (Wildman–Crippen MR) is 55.1 cm³/mol. The number of aromatic nitrogens is 2. The van der Waals surface area contributed by atoms with Gasteiger partial charge >= 0.3 is 0 Å². The smallest absolute Gasteiger partial charge is 0.0670 e. The van der Waals surface area contributed by atoms with Crippen molar-refractivity contribution in [3.05, 3.63) is 39.8 Å². The van der Waals surface area contributed by atoms with E-state index >= 15 is 0 Å². The maximum Gasteiger partial charge on any atom is 0.0670 e. The molecule has 0 unspecified atom stereocenters. The Labute approximate surface area is 81.8 Å². The molecule has 2 aromatic heterocycles. The molecule has 0 bridgehead atoms. The summed E-state index contributed by atoms with van der Waals surface area (Å²) in [5.41, 5.74) is 1.38. The number of nitrogens with zero attached hydrogens (tertiary/aromatic N) is 2. The average molecular weight is 192 g/mol. The fourth-order valence-corrected chi connectivity index (χ4v) is 2.35. The molecule has 0 atom stereocenters. The zero-order valence-electron chi connectivity index (χ0n) is 7.82. The zero-order chi connectivity index (χ0) is 9.26. The average Bonchev–Trinajstić information content (AvgIpc) is 2.63. The van der Waals surface area contributed by atoms with Gasteiger partial charge in [-0.1, -0.05) is 0 Å². The number of hydrogen-bond acceptors (Lipinski definition) is 2. The van der Waals surface area contributed by atoms with Gasteiger partial charge in [-0.05, 0) is 31.5 Å². The van der Waals surface area contributed by atoms with E-state index in [1.807, 2.05) is 34.5 Å². The Morgan fingerprint density at radius 2 is 2.31 bits per heavy atom. The molecule has 0 aliphatic carbocycles. The standard InChI is InChI=1S/C10H12N2S/c1-8-6-10(9(2)13-8)7-12-5-3-4-11-12/h3-6H,7H2,1-2H3. The minimum Gasteiger partial charge on any atom is -0.268 e. The second-order valence-corrected chi connectivity index (χ2v) is 4.60. The van der Waals surface area contributed by atoms with Crippen molar-refractivity contribution >= 4 is 11.3 Å². The Morgan fingerprint density at radius 1 is 1.46 bits per heavy atom. The van der Waals surface area contributed by atoms with E-state index < -0.39 is 0 Å². The van der Waals surface area contributed by atoms with Crippen LogP contribution in [-0.2, 0) is 6.54 Å². The van der Waals surface area contributed by atoms with Gasteiger partial charge in [0.25, 0.3) is 0 Å². The Hall–Kier alpha value is -1.09. The summed E-state index contributed by atoms with van der Waals surface area (Å²) in [4.78, 5) is 2.77. The van der Waals surface area contributed by atoms with Crippen LogP contribution in [0.4, 0.5) is 0 Å². The second kappa shape index (κ2) is 3.34. The maximum absolute atomic E-state index is 4.18. The molecule has 2 nitrogen and oxygen atoms in total. The molecule has 3 heteroatoms. The molecular formula is C10H12N2S. The Morgan fingerprint density at radius 3 is 2.85 bits per heavy atom. The summed E-state index contributed by atoms with van der Waals surface area (Å²) in [5.74, 6) is 0. The van der Waals surface area contributed by atoms with Crippen molar-refractivity contribution < 1.29 is 0 Å². The lowest BCUT2D eigenvalue weighted by atomic mass is 10.2. The second-order valence-electron chi connectivity index (χ2n) is 3.14. The van der Waals surface area contributed by atoms with Crippen molar-refractivity contribution in [2.45, 2.75) is 20.4 Å². The monoisotopic (exact) mass is 192 g/mol. The molecular weight excluding hydrogens is 180 g/mol. The van der Waals surface area contributed by atoms with E-state index in [1.54, 1.807) is 0 Å². The van der Waals surface area contributed by atoms with Crippen molar-refractivity contribution in [3.8, 4) is 0 Å². The molecule has 13 heavy (non-hydrogen) atoms. The molecule has 0 aliphatic rings. The van der Waals surface area contributed by atoms with E-state index in [1.165, 1.54) is 15.3 Å². The van der Waals surface area contributed by atoms with E-state index in [4.69, 9.17) is 0 Å². The highest BCUT2D eigenvalue weighted by molar-refractivity contribution is 7.12. The summed E-state index contributed by atoms with van der Waals surface area (Å²) in [6, 6.07) is 4.19. The number of thiophene rings is 1. The quantitative estimate of drug-likeness (QED) is 0.715. The van der Waals surface area contributed by atoms with Crippen molar-refractivity contribution in [1.82, 2.24) is 9.78 Å². The fraction of sp³-hybridized carbons (Fsp3) is 0.300. The summed E-state index contributed by atoms with van der Waals surface area (Å²) < 4.78 is 1.95. The summed E-state index contributed by atoms with van der Waals surface area (Å²) in [5, 5.41) is 4.18. The first-order chi connectivity index (χ1) is 6.25. The van der Waals surface area contributed by atoms with Gasteiger partial charge in [-0.15, -0.1) is 11.3 Å². The molecule has 0 radical (unpaired) electrons. The highest BCUT2D eigenvalue weighted by Crippen LogP contribution is 2.20. The van der Waals surface area contributed by atoms with Crippen LogP contribution in [0.15, 0.2) is 24.5 Å². The lowest BCUT2D eigenvalue weighted by Crippen LogP contribution is -1.99. The van der Waals surface area contributed by atoms with Crippen LogP contribution >= 0.6 is 11.3 Å². The largest absolute Gasteiger partial charge is 0.268 e. The molecule has 2 aromatic rings. The molecule has 0 saturated heterocycles. The van der Waals surface area contributed by atoms with Gasteiger partial charge in [0.15, 0.2) is 0 Å².